The number of aliphatic hydroxyl groups is 3. The fourth-order valence-corrected chi connectivity index (χ4v) is 2.92. The molecule has 2 aromatic rings. The van der Waals surface area contributed by atoms with Crippen molar-refractivity contribution in [3.63, 3.8) is 0 Å². The van der Waals surface area contributed by atoms with Crippen LogP contribution in [-0.2, 0) is 4.74 Å². The summed E-state index contributed by atoms with van der Waals surface area (Å²) in [7, 11) is 0. The molecule has 0 bridgehead atoms. The van der Waals surface area contributed by atoms with Crippen molar-refractivity contribution in [1.82, 2.24) is 0 Å². The van der Waals surface area contributed by atoms with E-state index in [1.807, 2.05) is 6.07 Å². The summed E-state index contributed by atoms with van der Waals surface area (Å²) < 4.78 is 7.11. The van der Waals surface area contributed by atoms with E-state index in [9.17, 15) is 20.1 Å². The zero-order valence-electron chi connectivity index (χ0n) is 14.6. The second-order valence-corrected chi connectivity index (χ2v) is 6.60. The number of anilines is 1. The van der Waals surface area contributed by atoms with Crippen molar-refractivity contribution in [2.45, 2.75) is 31.0 Å². The Balaban J connectivity index is 1.79. The Morgan fingerprint density at radius 1 is 1.33 bits per heavy atom. The number of benzene rings is 1. The number of rotatable bonds is 4. The summed E-state index contributed by atoms with van der Waals surface area (Å²) in [5.74, 6) is -0.382. The molecule has 1 aromatic carbocycles. The fraction of sp³-hybridized carbons (Fsp3) is 0.316. The zero-order chi connectivity index (χ0) is 19.6. The number of ether oxygens (including phenoxy) is 1. The molecule has 1 fully saturated rings. The first-order valence-corrected chi connectivity index (χ1v) is 8.35. The maximum Gasteiger partial charge on any atom is 0.292 e. The Kier molecular flexibility index (Phi) is 5.21. The number of carbonyl (C=O) groups excluding carboxylic acids is 1. The molecule has 0 aliphatic carbocycles. The van der Waals surface area contributed by atoms with E-state index in [4.69, 9.17) is 10.00 Å². The normalized spacial score (nSPS) is 27.1. The van der Waals surface area contributed by atoms with Gasteiger partial charge in [-0.15, -0.1) is 0 Å². The van der Waals surface area contributed by atoms with Crippen LogP contribution in [0.3, 0.4) is 0 Å². The minimum atomic E-state index is -1.29. The first kappa shape index (κ1) is 18.9. The Bertz CT molecular complexity index is 880. The lowest BCUT2D eigenvalue weighted by molar-refractivity contribution is -0.767. The van der Waals surface area contributed by atoms with E-state index >= 15 is 0 Å². The molecule has 1 aliphatic heterocycles. The summed E-state index contributed by atoms with van der Waals surface area (Å²) in [5, 5.41) is 41.3. The predicted octanol–water partition coefficient (Wildman–Crippen LogP) is 0.0997. The largest absolute Gasteiger partial charge is 0.393 e. The van der Waals surface area contributed by atoms with Gasteiger partial charge < -0.3 is 25.4 Å². The van der Waals surface area contributed by atoms with Crippen molar-refractivity contribution in [1.29, 1.82) is 5.26 Å². The molecule has 8 nitrogen and oxygen atoms in total. The number of hydrogen-bond acceptors (Lipinski definition) is 6. The van der Waals surface area contributed by atoms with Gasteiger partial charge in [-0.3, -0.25) is 4.79 Å². The van der Waals surface area contributed by atoms with E-state index in [2.05, 4.69) is 5.32 Å². The number of aliphatic hydroxyl groups excluding tert-OH is 3. The minimum Gasteiger partial charge on any atom is -0.393 e. The molecule has 8 heteroatoms. The molecule has 27 heavy (non-hydrogen) atoms. The standard InChI is InChI=1S/C19H19N3O5/c1-19(11-23)16(25)15(24)18(27-19)22-8-2-3-13(10-22)17(26)21-14-6-4-12(9-20)5-7-14/h2-8,10,15-16,18,23-25H,11H2,1H3/p+1/t15-,16+,18-,19+/m1/s1. The Morgan fingerprint density at radius 3 is 2.63 bits per heavy atom. The SMILES string of the molecule is C[C@@]1(CO)O[C@@H]([n+]2cccc(C(=O)Nc3ccc(C#N)cc3)c2)[C@H](O)[C@@H]1O. The Labute approximate surface area is 155 Å². The molecule has 1 amide bonds. The lowest BCUT2D eigenvalue weighted by Gasteiger charge is -2.23. The lowest BCUT2D eigenvalue weighted by atomic mass is 9.99. The molecule has 4 N–H and O–H groups in total. The highest BCUT2D eigenvalue weighted by Crippen LogP contribution is 2.33. The van der Waals surface area contributed by atoms with Gasteiger partial charge in [0.2, 0.25) is 0 Å². The maximum atomic E-state index is 12.5. The van der Waals surface area contributed by atoms with E-state index < -0.39 is 30.6 Å². The molecule has 0 spiro atoms. The van der Waals surface area contributed by atoms with E-state index in [0.717, 1.165) is 0 Å². The number of carbonyl (C=O) groups is 1. The van der Waals surface area contributed by atoms with Crippen molar-refractivity contribution < 1.29 is 29.4 Å². The predicted molar refractivity (Wildman–Crippen MR) is 93.4 cm³/mol. The number of hydrogen-bond donors (Lipinski definition) is 4. The van der Waals surface area contributed by atoms with Crippen molar-refractivity contribution in [2.75, 3.05) is 11.9 Å². The molecule has 1 aliphatic rings. The highest BCUT2D eigenvalue weighted by atomic mass is 16.6. The molecule has 3 rings (SSSR count). The summed E-state index contributed by atoms with van der Waals surface area (Å²) in [5.41, 5.74) is 0.0423. The highest BCUT2D eigenvalue weighted by Gasteiger charge is 2.55. The quantitative estimate of drug-likeness (QED) is 0.566. The molecule has 1 saturated heterocycles. The first-order valence-electron chi connectivity index (χ1n) is 8.35. The van der Waals surface area contributed by atoms with Crippen LogP contribution in [0, 0.1) is 11.3 Å². The molecule has 0 unspecified atom stereocenters. The van der Waals surface area contributed by atoms with Gasteiger partial charge in [-0.1, -0.05) is 0 Å². The third-order valence-electron chi connectivity index (χ3n) is 4.60. The van der Waals surface area contributed by atoms with Gasteiger partial charge in [0, 0.05) is 11.8 Å². The molecule has 0 saturated carbocycles. The van der Waals surface area contributed by atoms with Crippen LogP contribution in [0.2, 0.25) is 0 Å². The van der Waals surface area contributed by atoms with Crippen LogP contribution < -0.4 is 9.88 Å². The molecule has 2 heterocycles. The topological polar surface area (TPSA) is 127 Å². The number of pyridine rings is 1. The summed E-state index contributed by atoms with van der Waals surface area (Å²) in [6, 6.07) is 11.7. The summed E-state index contributed by atoms with van der Waals surface area (Å²) in [6.45, 7) is 1.05. The van der Waals surface area contributed by atoms with Crippen molar-refractivity contribution in [2.24, 2.45) is 0 Å². The van der Waals surface area contributed by atoms with Gasteiger partial charge in [-0.05, 0) is 37.3 Å². The Hall–Kier alpha value is -2.83. The van der Waals surface area contributed by atoms with Crippen LogP contribution in [0.5, 0.6) is 0 Å². The second-order valence-electron chi connectivity index (χ2n) is 6.60. The summed E-state index contributed by atoms with van der Waals surface area (Å²) >= 11 is 0. The smallest absolute Gasteiger partial charge is 0.292 e. The van der Waals surface area contributed by atoms with Crippen molar-refractivity contribution >= 4 is 11.6 Å². The molecule has 1 aromatic heterocycles. The fourth-order valence-electron chi connectivity index (χ4n) is 2.92. The monoisotopic (exact) mass is 370 g/mol. The third-order valence-corrected chi connectivity index (χ3v) is 4.60. The van der Waals surface area contributed by atoms with Crippen molar-refractivity contribution in [3.05, 3.63) is 59.9 Å². The molecule has 0 radical (unpaired) electrons. The maximum absolute atomic E-state index is 12.5. The number of nitriles is 1. The average Bonchev–Trinajstić information content (AvgIpc) is 2.93. The van der Waals surface area contributed by atoms with Gasteiger partial charge >= 0.3 is 0 Å². The lowest BCUT2D eigenvalue weighted by Crippen LogP contribution is -2.46. The van der Waals surface area contributed by atoms with Crippen LogP contribution in [0.25, 0.3) is 0 Å². The summed E-state index contributed by atoms with van der Waals surface area (Å²) in [4.78, 5) is 12.5. The number of nitrogens with one attached hydrogen (secondary N) is 1. The number of nitrogens with zero attached hydrogens (tertiary/aromatic N) is 2. The van der Waals surface area contributed by atoms with Crippen LogP contribution >= 0.6 is 0 Å². The summed E-state index contributed by atoms with van der Waals surface area (Å²) in [6.07, 6.45) is -0.384. The van der Waals surface area contributed by atoms with Gasteiger partial charge in [0.05, 0.1) is 18.2 Å². The molecular weight excluding hydrogens is 350 g/mol. The average molecular weight is 370 g/mol. The number of aromatic nitrogens is 1. The van der Waals surface area contributed by atoms with E-state index in [0.29, 0.717) is 16.8 Å². The highest BCUT2D eigenvalue weighted by molar-refractivity contribution is 6.03. The van der Waals surface area contributed by atoms with E-state index in [1.54, 1.807) is 42.6 Å². The van der Waals surface area contributed by atoms with Crippen LogP contribution in [0.4, 0.5) is 5.69 Å². The van der Waals surface area contributed by atoms with E-state index in [-0.39, 0.29) is 5.91 Å². The molecule has 4 atom stereocenters. The Morgan fingerprint density at radius 2 is 2.04 bits per heavy atom. The van der Waals surface area contributed by atoms with Gasteiger partial charge in [0.15, 0.2) is 18.5 Å². The first-order chi connectivity index (χ1) is 12.9. The van der Waals surface area contributed by atoms with Gasteiger partial charge in [-0.2, -0.15) is 9.83 Å². The van der Waals surface area contributed by atoms with Crippen LogP contribution in [0.1, 0.15) is 29.1 Å². The van der Waals surface area contributed by atoms with E-state index in [1.165, 1.54) is 17.7 Å². The third kappa shape index (κ3) is 3.67. The van der Waals surface area contributed by atoms with Crippen LogP contribution in [-0.4, -0.2) is 45.6 Å². The zero-order valence-corrected chi connectivity index (χ0v) is 14.6. The van der Waals surface area contributed by atoms with Gasteiger partial charge in [0.25, 0.3) is 12.1 Å². The van der Waals surface area contributed by atoms with Gasteiger partial charge in [-0.25, -0.2) is 0 Å². The number of amides is 1. The molecular formula is C19H20N3O5+. The molecule has 140 valence electrons. The second kappa shape index (κ2) is 7.42. The van der Waals surface area contributed by atoms with Crippen LogP contribution in [0.15, 0.2) is 48.8 Å². The van der Waals surface area contributed by atoms with Crippen molar-refractivity contribution in [3.8, 4) is 6.07 Å². The minimum absolute atomic E-state index is 0.310. The van der Waals surface area contributed by atoms with Gasteiger partial charge in [0.1, 0.15) is 17.3 Å².